The lowest BCUT2D eigenvalue weighted by molar-refractivity contribution is -0.384. The number of hydrogen-bond acceptors (Lipinski definition) is 7. The Morgan fingerprint density at radius 2 is 1.89 bits per heavy atom. The van der Waals surface area contributed by atoms with E-state index in [1.165, 1.54) is 30.3 Å². The number of nitrogens with zero attached hydrogens (tertiary/aromatic N) is 2. The summed E-state index contributed by atoms with van der Waals surface area (Å²) in [7, 11) is 0. The van der Waals surface area contributed by atoms with E-state index >= 15 is 0 Å². The Kier molecular flexibility index (Phi) is 6.76. The Morgan fingerprint density at radius 3 is 2.61 bits per heavy atom. The number of nitro groups is 1. The van der Waals surface area contributed by atoms with Gasteiger partial charge in [-0.05, 0) is 18.2 Å². The van der Waals surface area contributed by atoms with Gasteiger partial charge in [-0.1, -0.05) is 18.2 Å². The fraction of sp³-hybridized carbons (Fsp3) is 0.111. The quantitative estimate of drug-likeness (QED) is 0.417. The Morgan fingerprint density at radius 1 is 1.14 bits per heavy atom. The van der Waals surface area contributed by atoms with Gasteiger partial charge in [0, 0.05) is 17.7 Å². The molecule has 0 bridgehead atoms. The molecule has 2 aromatic carbocycles. The summed E-state index contributed by atoms with van der Waals surface area (Å²) in [6.07, 6.45) is 0. The molecule has 0 saturated carbocycles. The summed E-state index contributed by atoms with van der Waals surface area (Å²) in [6, 6.07) is 13.2. The summed E-state index contributed by atoms with van der Waals surface area (Å²) < 4.78 is 4.74. The summed E-state index contributed by atoms with van der Waals surface area (Å²) >= 11 is 0. The van der Waals surface area contributed by atoms with Crippen LogP contribution < -0.4 is 10.6 Å². The number of carbonyl (C=O) groups excluding carboxylic acids is 3. The van der Waals surface area contributed by atoms with Crippen molar-refractivity contribution in [2.45, 2.75) is 0 Å². The minimum Gasteiger partial charge on any atom is -0.454 e. The van der Waals surface area contributed by atoms with E-state index in [4.69, 9.17) is 10.00 Å². The van der Waals surface area contributed by atoms with Gasteiger partial charge in [-0.15, -0.1) is 0 Å². The number of esters is 1. The molecule has 28 heavy (non-hydrogen) atoms. The second-order valence-electron chi connectivity index (χ2n) is 5.36. The van der Waals surface area contributed by atoms with Gasteiger partial charge in [-0.3, -0.25) is 24.5 Å². The predicted molar refractivity (Wildman–Crippen MR) is 96.2 cm³/mol. The first kappa shape index (κ1) is 20.1. The van der Waals surface area contributed by atoms with Gasteiger partial charge in [-0.25, -0.2) is 0 Å². The fourth-order valence-corrected chi connectivity index (χ4v) is 2.09. The van der Waals surface area contributed by atoms with Crippen molar-refractivity contribution >= 4 is 29.2 Å². The Balaban J connectivity index is 1.80. The van der Waals surface area contributed by atoms with Gasteiger partial charge < -0.3 is 15.4 Å². The molecule has 0 aromatic heterocycles. The normalized spacial score (nSPS) is 9.68. The lowest BCUT2D eigenvalue weighted by atomic mass is 10.2. The van der Waals surface area contributed by atoms with Crippen LogP contribution in [0.2, 0.25) is 0 Å². The topological polar surface area (TPSA) is 151 Å². The number of rotatable bonds is 7. The summed E-state index contributed by atoms with van der Waals surface area (Å²) in [5, 5.41) is 24.3. The number of anilines is 1. The van der Waals surface area contributed by atoms with Crippen LogP contribution in [0.25, 0.3) is 0 Å². The minimum absolute atomic E-state index is 0.00727. The Labute approximate surface area is 158 Å². The van der Waals surface area contributed by atoms with Gasteiger partial charge in [-0.2, -0.15) is 5.26 Å². The highest BCUT2D eigenvalue weighted by Crippen LogP contribution is 2.14. The molecule has 2 rings (SSSR count). The molecular formula is C18H14N4O6. The van der Waals surface area contributed by atoms with Crippen LogP contribution in [-0.2, 0) is 14.3 Å². The Hall–Kier alpha value is -4.26. The molecule has 0 aliphatic carbocycles. The van der Waals surface area contributed by atoms with E-state index in [2.05, 4.69) is 10.6 Å². The van der Waals surface area contributed by atoms with Crippen LogP contribution in [0, 0.1) is 21.4 Å². The molecule has 10 heteroatoms. The average Bonchev–Trinajstić information content (AvgIpc) is 2.70. The first-order valence-corrected chi connectivity index (χ1v) is 7.88. The molecule has 0 atom stereocenters. The van der Waals surface area contributed by atoms with Crippen LogP contribution in [0.5, 0.6) is 0 Å². The standard InChI is InChI=1S/C18H14N4O6/c19-9-13-4-1-2-7-15(13)21-16(23)11-28-17(24)10-20-18(25)12-5-3-6-14(8-12)22(26)27/h1-8H,10-11H2,(H,20,25)(H,21,23). The van der Waals surface area contributed by atoms with Crippen LogP contribution >= 0.6 is 0 Å². The lowest BCUT2D eigenvalue weighted by Gasteiger charge is -2.08. The monoisotopic (exact) mass is 382 g/mol. The third-order valence-corrected chi connectivity index (χ3v) is 3.40. The van der Waals surface area contributed by atoms with Gasteiger partial charge in [0.1, 0.15) is 12.6 Å². The highest BCUT2D eigenvalue weighted by Gasteiger charge is 2.14. The number of ether oxygens (including phenoxy) is 1. The van der Waals surface area contributed by atoms with Gasteiger partial charge in [0.15, 0.2) is 6.61 Å². The molecule has 2 amide bonds. The predicted octanol–water partition coefficient (Wildman–Crippen LogP) is 1.38. The van der Waals surface area contributed by atoms with Crippen molar-refractivity contribution in [1.82, 2.24) is 5.32 Å². The number of hydrogen-bond donors (Lipinski definition) is 2. The zero-order valence-electron chi connectivity index (χ0n) is 14.4. The van der Waals surface area contributed by atoms with Crippen LogP contribution in [0.3, 0.4) is 0 Å². The van der Waals surface area contributed by atoms with E-state index in [0.717, 1.165) is 6.07 Å². The summed E-state index contributed by atoms with van der Waals surface area (Å²) in [5.74, 6) is -2.23. The fourth-order valence-electron chi connectivity index (χ4n) is 2.09. The zero-order chi connectivity index (χ0) is 20.5. The highest BCUT2D eigenvalue weighted by atomic mass is 16.6. The van der Waals surface area contributed by atoms with Crippen LogP contribution in [-0.4, -0.2) is 35.9 Å². The maximum atomic E-state index is 11.9. The summed E-state index contributed by atoms with van der Waals surface area (Å²) in [4.78, 5) is 45.4. The number of carbonyl (C=O) groups is 3. The molecule has 142 valence electrons. The summed E-state index contributed by atoms with van der Waals surface area (Å²) in [6.45, 7) is -1.13. The lowest BCUT2D eigenvalue weighted by Crippen LogP contribution is -2.32. The third-order valence-electron chi connectivity index (χ3n) is 3.40. The molecule has 0 radical (unpaired) electrons. The number of para-hydroxylation sites is 1. The van der Waals surface area contributed by atoms with Gasteiger partial charge in [0.2, 0.25) is 0 Å². The van der Waals surface area contributed by atoms with E-state index in [0.29, 0.717) is 0 Å². The minimum atomic E-state index is -0.873. The number of benzene rings is 2. The first-order chi connectivity index (χ1) is 13.4. The van der Waals surface area contributed by atoms with Crippen LogP contribution in [0.15, 0.2) is 48.5 Å². The smallest absolute Gasteiger partial charge is 0.325 e. The zero-order valence-corrected chi connectivity index (χ0v) is 14.4. The molecule has 0 aliphatic rings. The van der Waals surface area contributed by atoms with E-state index in [-0.39, 0.29) is 22.5 Å². The van der Waals surface area contributed by atoms with Crippen molar-refractivity contribution in [3.63, 3.8) is 0 Å². The largest absolute Gasteiger partial charge is 0.454 e. The van der Waals surface area contributed by atoms with Crippen LogP contribution in [0.4, 0.5) is 11.4 Å². The number of non-ortho nitro benzene ring substituents is 1. The molecule has 0 aliphatic heterocycles. The van der Waals surface area contributed by atoms with Crippen molar-refractivity contribution in [2.75, 3.05) is 18.5 Å². The SMILES string of the molecule is N#Cc1ccccc1NC(=O)COC(=O)CNC(=O)c1cccc([N+](=O)[O-])c1. The molecule has 0 heterocycles. The molecule has 0 spiro atoms. The van der Waals surface area contributed by atoms with Crippen LogP contribution in [0.1, 0.15) is 15.9 Å². The van der Waals surface area contributed by atoms with E-state index in [9.17, 15) is 24.5 Å². The van der Waals surface area contributed by atoms with Gasteiger partial charge in [0.05, 0.1) is 16.2 Å². The van der Waals surface area contributed by atoms with Crippen molar-refractivity contribution in [2.24, 2.45) is 0 Å². The number of amides is 2. The van der Waals surface area contributed by atoms with Crippen molar-refractivity contribution < 1.29 is 24.0 Å². The molecule has 0 saturated heterocycles. The van der Waals surface area contributed by atoms with Crippen molar-refractivity contribution in [1.29, 1.82) is 5.26 Å². The summed E-state index contributed by atoms with van der Waals surface area (Å²) in [5.41, 5.74) is 0.286. The number of nitrogens with one attached hydrogen (secondary N) is 2. The first-order valence-electron chi connectivity index (χ1n) is 7.88. The molecule has 2 aromatic rings. The molecule has 0 fully saturated rings. The second kappa shape index (κ2) is 9.44. The third kappa shape index (κ3) is 5.63. The van der Waals surface area contributed by atoms with Gasteiger partial charge >= 0.3 is 5.97 Å². The van der Waals surface area contributed by atoms with Crippen molar-refractivity contribution in [3.05, 3.63) is 69.8 Å². The molecule has 2 N–H and O–H groups in total. The maximum absolute atomic E-state index is 11.9. The molecule has 10 nitrogen and oxygen atoms in total. The van der Waals surface area contributed by atoms with Crippen molar-refractivity contribution in [3.8, 4) is 6.07 Å². The molecule has 0 unspecified atom stereocenters. The Bertz CT molecular complexity index is 967. The highest BCUT2D eigenvalue weighted by molar-refractivity contribution is 5.97. The van der Waals surface area contributed by atoms with E-state index in [1.807, 2.05) is 6.07 Å². The van der Waals surface area contributed by atoms with Gasteiger partial charge in [0.25, 0.3) is 17.5 Å². The number of nitro benzene ring substituents is 1. The maximum Gasteiger partial charge on any atom is 0.325 e. The number of nitriles is 1. The second-order valence-corrected chi connectivity index (χ2v) is 5.36. The molecular weight excluding hydrogens is 368 g/mol. The average molecular weight is 382 g/mol. The van der Waals surface area contributed by atoms with E-state index in [1.54, 1.807) is 12.1 Å². The van der Waals surface area contributed by atoms with E-state index < -0.39 is 35.9 Å².